The van der Waals surface area contributed by atoms with E-state index in [4.69, 9.17) is 4.42 Å². The number of fused-ring (bicyclic) bond motifs is 1. The van der Waals surface area contributed by atoms with Gasteiger partial charge in [-0.25, -0.2) is 0 Å². The van der Waals surface area contributed by atoms with E-state index in [2.05, 4.69) is 46.3 Å². The maximum atomic E-state index is 5.86. The predicted octanol–water partition coefficient (Wildman–Crippen LogP) is 4.99. The Labute approximate surface area is 108 Å². The van der Waals surface area contributed by atoms with Crippen LogP contribution in [0.15, 0.2) is 59.0 Å². The Morgan fingerprint density at radius 2 is 1.59 bits per heavy atom. The van der Waals surface area contributed by atoms with Crippen molar-refractivity contribution in [3.63, 3.8) is 0 Å². The summed E-state index contributed by atoms with van der Waals surface area (Å²) in [5, 5.41) is 1.90. The molecule has 1 heterocycles. The molecule has 1 aromatic heterocycles. The van der Waals surface area contributed by atoms with Crippen molar-refractivity contribution in [2.24, 2.45) is 0 Å². The van der Waals surface area contributed by atoms with Crippen LogP contribution in [0.1, 0.15) is 5.76 Å². The normalized spacial score (nSPS) is 10.9. The molecule has 2 heteroatoms. The Kier molecular flexibility index (Phi) is 2.73. The number of hydrogen-bond donors (Lipinski definition) is 0. The lowest BCUT2D eigenvalue weighted by Crippen LogP contribution is -1.80. The Hall–Kier alpha value is -1.54. The number of benzene rings is 2. The highest BCUT2D eigenvalue weighted by molar-refractivity contribution is 9.08. The Bertz CT molecular complexity index is 640. The summed E-state index contributed by atoms with van der Waals surface area (Å²) in [6.07, 6.45) is 0. The molecule has 0 aliphatic rings. The lowest BCUT2D eigenvalue weighted by molar-refractivity contribution is 0.577. The van der Waals surface area contributed by atoms with Gasteiger partial charge in [0.25, 0.3) is 0 Å². The summed E-state index contributed by atoms with van der Waals surface area (Å²) >= 11 is 3.49. The van der Waals surface area contributed by atoms with Crippen LogP contribution in [0.4, 0.5) is 0 Å². The topological polar surface area (TPSA) is 13.1 Å². The van der Waals surface area contributed by atoms with Crippen LogP contribution < -0.4 is 0 Å². The highest BCUT2D eigenvalue weighted by Gasteiger charge is 2.13. The Balaban J connectivity index is 2.34. The number of furan rings is 1. The van der Waals surface area contributed by atoms with Crippen LogP contribution in [-0.4, -0.2) is 0 Å². The molecule has 0 unspecified atom stereocenters. The lowest BCUT2D eigenvalue weighted by atomic mass is 10.0. The molecule has 3 rings (SSSR count). The summed E-state index contributed by atoms with van der Waals surface area (Å²) in [5.41, 5.74) is 3.34. The van der Waals surface area contributed by atoms with E-state index >= 15 is 0 Å². The third kappa shape index (κ3) is 1.79. The smallest absolute Gasteiger partial charge is 0.134 e. The molecular weight excluding hydrogens is 276 g/mol. The molecule has 0 saturated carbocycles. The largest absolute Gasteiger partial charge is 0.460 e. The van der Waals surface area contributed by atoms with Crippen molar-refractivity contribution in [3.8, 4) is 11.1 Å². The predicted molar refractivity (Wildman–Crippen MR) is 74.3 cm³/mol. The van der Waals surface area contributed by atoms with Crippen LogP contribution in [-0.2, 0) is 5.33 Å². The monoisotopic (exact) mass is 286 g/mol. The maximum absolute atomic E-state index is 5.86. The average Bonchev–Trinajstić information content (AvgIpc) is 2.78. The van der Waals surface area contributed by atoms with E-state index < -0.39 is 0 Å². The molecule has 0 aliphatic carbocycles. The van der Waals surface area contributed by atoms with Crippen LogP contribution in [0.25, 0.3) is 22.1 Å². The minimum Gasteiger partial charge on any atom is -0.460 e. The van der Waals surface area contributed by atoms with Crippen molar-refractivity contribution in [1.29, 1.82) is 0 Å². The van der Waals surface area contributed by atoms with Gasteiger partial charge < -0.3 is 4.42 Å². The van der Waals surface area contributed by atoms with Crippen LogP contribution in [0.5, 0.6) is 0 Å². The molecule has 84 valence electrons. The van der Waals surface area contributed by atoms with Gasteiger partial charge >= 0.3 is 0 Å². The average molecular weight is 287 g/mol. The number of halogens is 1. The zero-order chi connectivity index (χ0) is 11.7. The van der Waals surface area contributed by atoms with Crippen molar-refractivity contribution in [1.82, 2.24) is 0 Å². The second kappa shape index (κ2) is 4.38. The molecule has 0 amide bonds. The van der Waals surface area contributed by atoms with Gasteiger partial charge in [-0.3, -0.25) is 0 Å². The van der Waals surface area contributed by atoms with E-state index in [1.807, 2.05) is 24.3 Å². The second-order valence-electron chi connectivity index (χ2n) is 3.90. The third-order valence-electron chi connectivity index (χ3n) is 2.85. The van der Waals surface area contributed by atoms with Crippen LogP contribution in [0, 0.1) is 0 Å². The molecule has 0 fully saturated rings. The zero-order valence-electron chi connectivity index (χ0n) is 9.19. The zero-order valence-corrected chi connectivity index (χ0v) is 10.8. The number of rotatable bonds is 2. The fourth-order valence-corrected chi connectivity index (χ4v) is 2.51. The highest BCUT2D eigenvalue weighted by Crippen LogP contribution is 2.35. The van der Waals surface area contributed by atoms with E-state index in [1.54, 1.807) is 0 Å². The van der Waals surface area contributed by atoms with Crippen molar-refractivity contribution in [3.05, 3.63) is 60.4 Å². The van der Waals surface area contributed by atoms with Gasteiger partial charge in [0.15, 0.2) is 0 Å². The summed E-state index contributed by atoms with van der Waals surface area (Å²) < 4.78 is 5.86. The van der Waals surface area contributed by atoms with Gasteiger partial charge in [-0.2, -0.15) is 0 Å². The van der Waals surface area contributed by atoms with Gasteiger partial charge in [-0.05, 0) is 11.6 Å². The number of para-hydroxylation sites is 1. The summed E-state index contributed by atoms with van der Waals surface area (Å²) in [6.45, 7) is 0. The molecule has 0 spiro atoms. The van der Waals surface area contributed by atoms with Gasteiger partial charge in [0.05, 0.1) is 5.33 Å². The first-order chi connectivity index (χ1) is 8.40. The van der Waals surface area contributed by atoms with Gasteiger partial charge in [0, 0.05) is 10.9 Å². The summed E-state index contributed by atoms with van der Waals surface area (Å²) in [6, 6.07) is 18.5. The molecular formula is C15H11BrO. The minimum absolute atomic E-state index is 0.728. The molecule has 0 radical (unpaired) electrons. The summed E-state index contributed by atoms with van der Waals surface area (Å²) in [4.78, 5) is 0. The molecule has 3 aromatic rings. The molecule has 0 atom stereocenters. The number of alkyl halides is 1. The number of hydrogen-bond acceptors (Lipinski definition) is 1. The summed E-state index contributed by atoms with van der Waals surface area (Å²) in [5.74, 6) is 0.984. The van der Waals surface area contributed by atoms with Crippen LogP contribution in [0.2, 0.25) is 0 Å². The fourth-order valence-electron chi connectivity index (χ4n) is 2.11. The lowest BCUT2D eigenvalue weighted by Gasteiger charge is -2.00. The molecule has 1 nitrogen and oxygen atoms in total. The van der Waals surface area contributed by atoms with Crippen LogP contribution >= 0.6 is 15.9 Å². The van der Waals surface area contributed by atoms with Gasteiger partial charge in [-0.1, -0.05) is 64.5 Å². The molecule has 17 heavy (non-hydrogen) atoms. The quantitative estimate of drug-likeness (QED) is 0.605. The van der Waals surface area contributed by atoms with Crippen molar-refractivity contribution in [2.45, 2.75) is 5.33 Å². The van der Waals surface area contributed by atoms with Crippen molar-refractivity contribution < 1.29 is 4.42 Å². The highest BCUT2D eigenvalue weighted by atomic mass is 79.9. The second-order valence-corrected chi connectivity index (χ2v) is 4.46. The van der Waals surface area contributed by atoms with Gasteiger partial charge in [-0.15, -0.1) is 0 Å². The molecule has 0 bridgehead atoms. The fraction of sp³-hybridized carbons (Fsp3) is 0.0667. The van der Waals surface area contributed by atoms with Crippen molar-refractivity contribution in [2.75, 3.05) is 0 Å². The molecule has 0 saturated heterocycles. The first-order valence-electron chi connectivity index (χ1n) is 5.52. The Morgan fingerprint density at radius 1 is 0.882 bits per heavy atom. The first kappa shape index (κ1) is 10.6. The molecule has 0 N–H and O–H groups in total. The third-order valence-corrected chi connectivity index (χ3v) is 3.36. The van der Waals surface area contributed by atoms with Crippen molar-refractivity contribution >= 4 is 26.9 Å². The minimum atomic E-state index is 0.728. The Morgan fingerprint density at radius 3 is 2.35 bits per heavy atom. The van der Waals surface area contributed by atoms with Gasteiger partial charge in [0.2, 0.25) is 0 Å². The maximum Gasteiger partial charge on any atom is 0.134 e. The van der Waals surface area contributed by atoms with Crippen LogP contribution in [0.3, 0.4) is 0 Å². The van der Waals surface area contributed by atoms with E-state index in [9.17, 15) is 0 Å². The molecule has 2 aromatic carbocycles. The standard InChI is InChI=1S/C15H11BrO/c16-10-14-15(11-6-2-1-3-7-11)12-8-4-5-9-13(12)17-14/h1-9H,10H2. The van der Waals surface area contributed by atoms with E-state index in [0.29, 0.717) is 0 Å². The summed E-state index contributed by atoms with van der Waals surface area (Å²) in [7, 11) is 0. The SMILES string of the molecule is BrCc1oc2ccccc2c1-c1ccccc1. The van der Waals surface area contributed by atoms with E-state index in [0.717, 1.165) is 16.7 Å². The molecule has 0 aliphatic heterocycles. The van der Waals surface area contributed by atoms with Gasteiger partial charge in [0.1, 0.15) is 11.3 Å². The first-order valence-corrected chi connectivity index (χ1v) is 6.64. The van der Waals surface area contributed by atoms with E-state index in [-0.39, 0.29) is 0 Å². The van der Waals surface area contributed by atoms with E-state index in [1.165, 1.54) is 16.5 Å².